The summed E-state index contributed by atoms with van der Waals surface area (Å²) in [5.41, 5.74) is 0.469. The molecular formula is C15H19NO3S. The second-order valence-electron chi connectivity index (χ2n) is 5.02. The zero-order valence-corrected chi connectivity index (χ0v) is 12.3. The largest absolute Gasteiger partial charge is 0.395 e. The van der Waals surface area contributed by atoms with Crippen molar-refractivity contribution in [2.75, 3.05) is 6.61 Å². The SMILES string of the molecule is CC(NS(=O)(=O)c1ccccc1C#CCCO)C1CC1. The first-order valence-electron chi connectivity index (χ1n) is 6.75. The molecule has 0 bridgehead atoms. The molecule has 0 radical (unpaired) electrons. The lowest BCUT2D eigenvalue weighted by molar-refractivity contribution is 0.305. The van der Waals surface area contributed by atoms with Crippen LogP contribution in [0, 0.1) is 17.8 Å². The van der Waals surface area contributed by atoms with E-state index in [2.05, 4.69) is 16.6 Å². The van der Waals surface area contributed by atoms with Crippen LogP contribution in [-0.2, 0) is 10.0 Å². The Morgan fingerprint density at radius 1 is 1.40 bits per heavy atom. The number of sulfonamides is 1. The molecule has 1 aromatic carbocycles. The summed E-state index contributed by atoms with van der Waals surface area (Å²) in [6.45, 7) is 1.87. The van der Waals surface area contributed by atoms with E-state index in [0.717, 1.165) is 12.8 Å². The van der Waals surface area contributed by atoms with Crippen LogP contribution in [-0.4, -0.2) is 26.2 Å². The van der Waals surface area contributed by atoms with Crippen LogP contribution in [0.2, 0.25) is 0 Å². The van der Waals surface area contributed by atoms with Crippen LogP contribution in [0.15, 0.2) is 29.2 Å². The van der Waals surface area contributed by atoms with Crippen molar-refractivity contribution < 1.29 is 13.5 Å². The standard InChI is InChI=1S/C15H19NO3S/c1-12(13-9-10-13)16-20(18,19)15-8-3-2-6-14(15)7-4-5-11-17/h2-3,6,8,12-13,16-17H,5,9-11H2,1H3. The Bertz CT molecular complexity index is 624. The summed E-state index contributed by atoms with van der Waals surface area (Å²) in [6, 6.07) is 6.64. The second-order valence-corrected chi connectivity index (χ2v) is 6.70. The fourth-order valence-corrected chi connectivity index (χ4v) is 3.49. The quantitative estimate of drug-likeness (QED) is 0.809. The summed E-state index contributed by atoms with van der Waals surface area (Å²) < 4.78 is 27.5. The van der Waals surface area contributed by atoms with Gasteiger partial charge in [0.1, 0.15) is 0 Å². The lowest BCUT2D eigenvalue weighted by atomic mass is 10.2. The minimum absolute atomic E-state index is 0.0289. The van der Waals surface area contributed by atoms with E-state index >= 15 is 0 Å². The highest BCUT2D eigenvalue weighted by molar-refractivity contribution is 7.89. The molecule has 1 atom stereocenters. The van der Waals surface area contributed by atoms with E-state index in [1.807, 2.05) is 6.92 Å². The number of hydrogen-bond acceptors (Lipinski definition) is 3. The van der Waals surface area contributed by atoms with Crippen LogP contribution in [0.1, 0.15) is 31.7 Å². The minimum Gasteiger partial charge on any atom is -0.395 e. The Hall–Kier alpha value is -1.35. The van der Waals surface area contributed by atoms with Gasteiger partial charge in [0.25, 0.3) is 0 Å². The van der Waals surface area contributed by atoms with Gasteiger partial charge in [-0.15, -0.1) is 0 Å². The summed E-state index contributed by atoms with van der Waals surface area (Å²) in [4.78, 5) is 0.206. The number of benzene rings is 1. The fraction of sp³-hybridized carbons (Fsp3) is 0.467. The fourth-order valence-electron chi connectivity index (χ4n) is 2.02. The molecule has 1 saturated carbocycles. The van der Waals surface area contributed by atoms with E-state index in [-0.39, 0.29) is 17.5 Å². The van der Waals surface area contributed by atoms with Crippen molar-refractivity contribution in [1.29, 1.82) is 0 Å². The van der Waals surface area contributed by atoms with Gasteiger partial charge < -0.3 is 5.11 Å². The van der Waals surface area contributed by atoms with Gasteiger partial charge in [0.2, 0.25) is 10.0 Å². The molecule has 0 amide bonds. The van der Waals surface area contributed by atoms with E-state index in [9.17, 15) is 8.42 Å². The Kier molecular flexibility index (Phi) is 4.81. The molecule has 20 heavy (non-hydrogen) atoms. The first-order chi connectivity index (χ1) is 9.54. The number of aliphatic hydroxyl groups is 1. The van der Waals surface area contributed by atoms with Crippen molar-refractivity contribution >= 4 is 10.0 Å². The zero-order chi connectivity index (χ0) is 14.6. The molecule has 0 aliphatic heterocycles. The second kappa shape index (κ2) is 6.40. The molecule has 1 aliphatic carbocycles. The molecule has 2 N–H and O–H groups in total. The molecular weight excluding hydrogens is 274 g/mol. The summed E-state index contributed by atoms with van der Waals surface area (Å²) in [5.74, 6) is 6.03. The number of hydrogen-bond donors (Lipinski definition) is 2. The van der Waals surface area contributed by atoms with Crippen LogP contribution in [0.3, 0.4) is 0 Å². The average molecular weight is 293 g/mol. The maximum absolute atomic E-state index is 12.4. The number of aliphatic hydroxyl groups excluding tert-OH is 1. The van der Waals surface area contributed by atoms with Crippen LogP contribution < -0.4 is 4.72 Å². The Morgan fingerprint density at radius 2 is 2.10 bits per heavy atom. The van der Waals surface area contributed by atoms with Crippen molar-refractivity contribution in [3.8, 4) is 11.8 Å². The maximum atomic E-state index is 12.4. The van der Waals surface area contributed by atoms with Gasteiger partial charge in [-0.1, -0.05) is 24.0 Å². The van der Waals surface area contributed by atoms with Crippen molar-refractivity contribution in [2.45, 2.75) is 37.1 Å². The Labute approximate surface area is 120 Å². The van der Waals surface area contributed by atoms with Crippen LogP contribution in [0.5, 0.6) is 0 Å². The van der Waals surface area contributed by atoms with E-state index in [4.69, 9.17) is 5.11 Å². The summed E-state index contributed by atoms with van der Waals surface area (Å²) in [6.07, 6.45) is 2.50. The van der Waals surface area contributed by atoms with Gasteiger partial charge in [0.05, 0.1) is 11.5 Å². The molecule has 0 saturated heterocycles. The summed E-state index contributed by atoms with van der Waals surface area (Å²) in [5, 5.41) is 8.73. The van der Waals surface area contributed by atoms with Gasteiger partial charge >= 0.3 is 0 Å². The van der Waals surface area contributed by atoms with Crippen LogP contribution in [0.4, 0.5) is 0 Å². The summed E-state index contributed by atoms with van der Waals surface area (Å²) in [7, 11) is -3.55. The van der Waals surface area contributed by atoms with Crippen LogP contribution >= 0.6 is 0 Å². The highest BCUT2D eigenvalue weighted by Gasteiger charge is 2.31. The Balaban J connectivity index is 2.24. The van der Waals surface area contributed by atoms with Gasteiger partial charge in [-0.05, 0) is 37.8 Å². The first-order valence-corrected chi connectivity index (χ1v) is 8.24. The molecule has 4 nitrogen and oxygen atoms in total. The third-order valence-electron chi connectivity index (χ3n) is 3.31. The predicted molar refractivity (Wildman–Crippen MR) is 77.5 cm³/mol. The first kappa shape index (κ1) is 15.0. The van der Waals surface area contributed by atoms with Crippen molar-refractivity contribution in [3.63, 3.8) is 0 Å². The van der Waals surface area contributed by atoms with Crippen molar-refractivity contribution in [1.82, 2.24) is 4.72 Å². The van der Waals surface area contributed by atoms with Crippen molar-refractivity contribution in [2.24, 2.45) is 5.92 Å². The highest BCUT2D eigenvalue weighted by Crippen LogP contribution is 2.33. The lowest BCUT2D eigenvalue weighted by Crippen LogP contribution is -2.34. The van der Waals surface area contributed by atoms with E-state index in [1.54, 1.807) is 24.3 Å². The molecule has 0 heterocycles. The number of nitrogens with one attached hydrogen (secondary N) is 1. The average Bonchev–Trinajstić information content (AvgIpc) is 3.23. The zero-order valence-electron chi connectivity index (χ0n) is 11.5. The lowest BCUT2D eigenvalue weighted by Gasteiger charge is -2.14. The minimum atomic E-state index is -3.55. The third-order valence-corrected chi connectivity index (χ3v) is 4.92. The van der Waals surface area contributed by atoms with Gasteiger partial charge in [-0.2, -0.15) is 0 Å². The third kappa shape index (κ3) is 3.83. The molecule has 0 spiro atoms. The molecule has 1 aliphatic rings. The van der Waals surface area contributed by atoms with Gasteiger partial charge in [-0.3, -0.25) is 0 Å². The monoisotopic (exact) mass is 293 g/mol. The molecule has 1 fully saturated rings. The topological polar surface area (TPSA) is 66.4 Å². The van der Waals surface area contributed by atoms with Gasteiger partial charge in [0, 0.05) is 18.0 Å². The smallest absolute Gasteiger partial charge is 0.242 e. The van der Waals surface area contributed by atoms with E-state index < -0.39 is 10.0 Å². The number of rotatable bonds is 5. The highest BCUT2D eigenvalue weighted by atomic mass is 32.2. The molecule has 108 valence electrons. The van der Waals surface area contributed by atoms with E-state index in [0.29, 0.717) is 17.9 Å². The normalized spacial score (nSPS) is 16.3. The molecule has 1 unspecified atom stereocenters. The van der Waals surface area contributed by atoms with Gasteiger partial charge in [0.15, 0.2) is 0 Å². The Morgan fingerprint density at radius 3 is 2.75 bits per heavy atom. The maximum Gasteiger partial charge on any atom is 0.242 e. The summed E-state index contributed by atoms with van der Waals surface area (Å²) >= 11 is 0. The van der Waals surface area contributed by atoms with E-state index in [1.165, 1.54) is 0 Å². The van der Waals surface area contributed by atoms with Gasteiger partial charge in [-0.25, -0.2) is 13.1 Å². The molecule has 5 heteroatoms. The molecule has 0 aromatic heterocycles. The molecule has 1 aromatic rings. The van der Waals surface area contributed by atoms with Crippen LogP contribution in [0.25, 0.3) is 0 Å². The predicted octanol–water partition coefficient (Wildman–Crippen LogP) is 1.50. The van der Waals surface area contributed by atoms with Crippen molar-refractivity contribution in [3.05, 3.63) is 29.8 Å². The molecule has 2 rings (SSSR count).